The lowest BCUT2D eigenvalue weighted by Crippen LogP contribution is -2.44. The van der Waals surface area contributed by atoms with E-state index in [9.17, 15) is 12.8 Å². The fourth-order valence-corrected chi connectivity index (χ4v) is 4.03. The van der Waals surface area contributed by atoms with Gasteiger partial charge in [-0.15, -0.1) is 0 Å². The van der Waals surface area contributed by atoms with Crippen molar-refractivity contribution >= 4 is 10.0 Å². The summed E-state index contributed by atoms with van der Waals surface area (Å²) in [5.41, 5.74) is -1.09. The van der Waals surface area contributed by atoms with Crippen LogP contribution in [-0.4, -0.2) is 50.8 Å². The highest BCUT2D eigenvalue weighted by Gasteiger charge is 2.36. The van der Waals surface area contributed by atoms with Crippen LogP contribution in [0.15, 0.2) is 0 Å². The summed E-state index contributed by atoms with van der Waals surface area (Å²) in [6.07, 6.45) is 4.67. The van der Waals surface area contributed by atoms with E-state index < -0.39 is 15.7 Å². The van der Waals surface area contributed by atoms with Crippen molar-refractivity contribution < 1.29 is 12.8 Å². The molecule has 0 amide bonds. The van der Waals surface area contributed by atoms with Gasteiger partial charge in [0.25, 0.3) is 0 Å². The monoisotopic (exact) mass is 278 g/mol. The van der Waals surface area contributed by atoms with E-state index in [1.807, 2.05) is 0 Å². The summed E-state index contributed by atoms with van der Waals surface area (Å²) in [5.74, 6) is 0.177. The molecule has 2 heterocycles. The Kier molecular flexibility index (Phi) is 4.29. The summed E-state index contributed by atoms with van der Waals surface area (Å²) in [4.78, 5) is 0. The van der Waals surface area contributed by atoms with E-state index in [-0.39, 0.29) is 5.92 Å². The van der Waals surface area contributed by atoms with Crippen LogP contribution in [-0.2, 0) is 10.0 Å². The average molecular weight is 278 g/mol. The van der Waals surface area contributed by atoms with Gasteiger partial charge in [-0.25, -0.2) is 17.1 Å². The maximum absolute atomic E-state index is 14.6. The Morgan fingerprint density at radius 2 is 2.06 bits per heavy atom. The third kappa shape index (κ3) is 3.65. The second-order valence-electron chi connectivity index (χ2n) is 5.73. The molecule has 0 bridgehead atoms. The molecule has 0 radical (unpaired) electrons. The summed E-state index contributed by atoms with van der Waals surface area (Å²) in [5, 5.41) is 3.16. The van der Waals surface area contributed by atoms with Gasteiger partial charge in [-0.3, -0.25) is 0 Å². The minimum Gasteiger partial charge on any atom is -0.316 e. The van der Waals surface area contributed by atoms with Crippen LogP contribution in [0.1, 0.15) is 32.1 Å². The van der Waals surface area contributed by atoms with Crippen molar-refractivity contribution in [2.24, 2.45) is 5.92 Å². The average Bonchev–Trinajstić information content (AvgIpc) is 2.28. The minimum atomic E-state index is -3.12. The van der Waals surface area contributed by atoms with Gasteiger partial charge in [-0.05, 0) is 51.1 Å². The molecule has 2 aliphatic heterocycles. The number of sulfonamides is 1. The standard InChI is InChI=1S/C12H23FN2O2S/c1-18(16,17)15-8-2-3-11(10-15)9-12(13)4-6-14-7-5-12/h11,14H,2-10H2,1H3. The van der Waals surface area contributed by atoms with E-state index in [4.69, 9.17) is 0 Å². The van der Waals surface area contributed by atoms with Crippen LogP contribution in [0, 0.1) is 5.92 Å². The SMILES string of the molecule is CS(=O)(=O)N1CCCC(CC2(F)CCNCC2)C1. The normalized spacial score (nSPS) is 30.2. The molecule has 2 saturated heterocycles. The molecule has 0 aromatic heterocycles. The molecule has 6 heteroatoms. The van der Waals surface area contributed by atoms with Gasteiger partial charge in [0.15, 0.2) is 0 Å². The van der Waals surface area contributed by atoms with Crippen LogP contribution >= 0.6 is 0 Å². The zero-order valence-electron chi connectivity index (χ0n) is 11.0. The Hall–Kier alpha value is -0.200. The van der Waals surface area contributed by atoms with Crippen LogP contribution in [0.25, 0.3) is 0 Å². The first kappa shape index (κ1) is 14.2. The van der Waals surface area contributed by atoms with Gasteiger partial charge in [-0.2, -0.15) is 0 Å². The lowest BCUT2D eigenvalue weighted by Gasteiger charge is -2.37. The molecule has 2 aliphatic rings. The third-order valence-electron chi connectivity index (χ3n) is 4.10. The molecule has 106 valence electrons. The van der Waals surface area contributed by atoms with Crippen LogP contribution in [0.5, 0.6) is 0 Å². The van der Waals surface area contributed by atoms with E-state index in [1.165, 1.54) is 10.6 Å². The van der Waals surface area contributed by atoms with E-state index in [2.05, 4.69) is 5.32 Å². The zero-order valence-corrected chi connectivity index (χ0v) is 11.8. The zero-order chi connectivity index (χ0) is 13.2. The molecule has 1 atom stereocenters. The molecule has 1 unspecified atom stereocenters. The smallest absolute Gasteiger partial charge is 0.211 e. The highest BCUT2D eigenvalue weighted by molar-refractivity contribution is 7.88. The summed E-state index contributed by atoms with van der Waals surface area (Å²) in [6.45, 7) is 2.56. The fourth-order valence-electron chi connectivity index (χ4n) is 3.09. The van der Waals surface area contributed by atoms with Crippen LogP contribution in [0.4, 0.5) is 4.39 Å². The molecule has 0 aromatic carbocycles. The van der Waals surface area contributed by atoms with Crippen molar-refractivity contribution in [3.63, 3.8) is 0 Å². The molecule has 1 N–H and O–H groups in total. The highest BCUT2D eigenvalue weighted by atomic mass is 32.2. The van der Waals surface area contributed by atoms with Crippen molar-refractivity contribution in [2.75, 3.05) is 32.4 Å². The van der Waals surface area contributed by atoms with Gasteiger partial charge in [0.1, 0.15) is 5.67 Å². The molecule has 18 heavy (non-hydrogen) atoms. The number of halogens is 1. The first-order valence-corrected chi connectivity index (χ1v) is 8.59. The largest absolute Gasteiger partial charge is 0.316 e. The van der Waals surface area contributed by atoms with E-state index in [0.29, 0.717) is 32.4 Å². The Bertz CT molecular complexity index is 380. The van der Waals surface area contributed by atoms with Crippen molar-refractivity contribution in [1.82, 2.24) is 9.62 Å². The van der Waals surface area contributed by atoms with Crippen LogP contribution in [0.2, 0.25) is 0 Å². The number of alkyl halides is 1. The van der Waals surface area contributed by atoms with E-state index in [1.54, 1.807) is 0 Å². The van der Waals surface area contributed by atoms with Gasteiger partial charge < -0.3 is 5.32 Å². The second kappa shape index (κ2) is 5.43. The summed E-state index contributed by atoms with van der Waals surface area (Å²) in [7, 11) is -3.12. The molecule has 2 fully saturated rings. The fraction of sp³-hybridized carbons (Fsp3) is 1.00. The lowest BCUT2D eigenvalue weighted by molar-refractivity contribution is 0.0694. The van der Waals surface area contributed by atoms with Crippen LogP contribution < -0.4 is 5.32 Å². The Labute approximate surface area is 109 Å². The number of nitrogens with one attached hydrogen (secondary N) is 1. The van der Waals surface area contributed by atoms with Gasteiger partial charge in [-0.1, -0.05) is 0 Å². The Morgan fingerprint density at radius 3 is 2.67 bits per heavy atom. The number of rotatable bonds is 3. The predicted octanol–water partition coefficient (Wildman–Crippen LogP) is 1.14. The number of hydrogen-bond donors (Lipinski definition) is 1. The van der Waals surface area contributed by atoms with Crippen molar-refractivity contribution in [3.8, 4) is 0 Å². The lowest BCUT2D eigenvalue weighted by atomic mass is 9.82. The van der Waals surface area contributed by atoms with Crippen LogP contribution in [0.3, 0.4) is 0 Å². The predicted molar refractivity (Wildman–Crippen MR) is 69.7 cm³/mol. The quantitative estimate of drug-likeness (QED) is 0.842. The maximum atomic E-state index is 14.6. The van der Waals surface area contributed by atoms with Gasteiger partial charge in [0, 0.05) is 13.1 Å². The first-order valence-electron chi connectivity index (χ1n) is 6.74. The van der Waals surface area contributed by atoms with Crippen molar-refractivity contribution in [3.05, 3.63) is 0 Å². The summed E-state index contributed by atoms with van der Waals surface area (Å²) < 4.78 is 39.1. The molecule has 0 aromatic rings. The molecule has 0 aliphatic carbocycles. The second-order valence-corrected chi connectivity index (χ2v) is 7.72. The molecular weight excluding hydrogens is 255 g/mol. The van der Waals surface area contributed by atoms with Crippen molar-refractivity contribution in [2.45, 2.75) is 37.8 Å². The number of hydrogen-bond acceptors (Lipinski definition) is 3. The number of piperidine rings is 2. The van der Waals surface area contributed by atoms with Gasteiger partial charge >= 0.3 is 0 Å². The topological polar surface area (TPSA) is 49.4 Å². The minimum absolute atomic E-state index is 0.177. The van der Waals surface area contributed by atoms with E-state index in [0.717, 1.165) is 25.9 Å². The first-order chi connectivity index (χ1) is 8.39. The molecule has 0 saturated carbocycles. The molecule has 0 spiro atoms. The molecule has 4 nitrogen and oxygen atoms in total. The molecular formula is C12H23FN2O2S. The van der Waals surface area contributed by atoms with Gasteiger partial charge in [0.2, 0.25) is 10.0 Å². The molecule has 2 rings (SSSR count). The van der Waals surface area contributed by atoms with E-state index >= 15 is 0 Å². The third-order valence-corrected chi connectivity index (χ3v) is 5.37. The number of nitrogens with zero attached hydrogens (tertiary/aromatic N) is 1. The summed E-state index contributed by atoms with van der Waals surface area (Å²) >= 11 is 0. The highest BCUT2D eigenvalue weighted by Crippen LogP contribution is 2.34. The van der Waals surface area contributed by atoms with Gasteiger partial charge in [0.05, 0.1) is 6.26 Å². The van der Waals surface area contributed by atoms with Crippen molar-refractivity contribution in [1.29, 1.82) is 0 Å². The maximum Gasteiger partial charge on any atom is 0.211 e. The summed E-state index contributed by atoms with van der Waals surface area (Å²) in [6, 6.07) is 0. The Morgan fingerprint density at radius 1 is 1.39 bits per heavy atom. The Balaban J connectivity index is 1.93.